The van der Waals surface area contributed by atoms with Crippen LogP contribution in [0.25, 0.3) is 0 Å². The number of rotatable bonds is 1. The fourth-order valence-corrected chi connectivity index (χ4v) is 0.704. The molecule has 0 aliphatic heterocycles. The van der Waals surface area contributed by atoms with E-state index in [1.54, 1.807) is 0 Å². The van der Waals surface area contributed by atoms with Crippen molar-refractivity contribution in [2.75, 3.05) is 0 Å². The Hall–Kier alpha value is -1.36. The molecule has 0 unspecified atom stereocenters. The van der Waals surface area contributed by atoms with Crippen LogP contribution < -0.4 is 0 Å². The molecule has 1 rings (SSSR count). The summed E-state index contributed by atoms with van der Waals surface area (Å²) in [4.78, 5) is 12.6. The summed E-state index contributed by atoms with van der Waals surface area (Å²) < 4.78 is 0. The molecule has 1 N–H and O–H groups in total. The first kappa shape index (κ1) is 7.74. The van der Waals surface area contributed by atoms with Crippen LogP contribution in [0.3, 0.4) is 0 Å². The Kier molecular flexibility index (Phi) is 1.91. The predicted molar refractivity (Wildman–Crippen MR) is 37.6 cm³/mol. The molecule has 0 aliphatic rings. The monoisotopic (exact) mass is 174 g/mol. The topological polar surface area (TPSA) is 76.3 Å². The zero-order valence-electron chi connectivity index (χ0n) is 5.19. The maximum Gasteiger partial charge on any atom is 0.330 e. The second-order valence-corrected chi connectivity index (χ2v) is 2.12. The van der Waals surface area contributed by atoms with Gasteiger partial charge in [0, 0.05) is 6.07 Å². The SMILES string of the molecule is O=[N+]([O-])c1ccc(Cl)nc1O. The smallest absolute Gasteiger partial charge is 0.330 e. The average Bonchev–Trinajstić information content (AvgIpc) is 1.85. The molecule has 0 atom stereocenters. The summed E-state index contributed by atoms with van der Waals surface area (Å²) in [5.41, 5.74) is -0.450. The van der Waals surface area contributed by atoms with Crippen LogP contribution in [0.2, 0.25) is 5.15 Å². The Morgan fingerprint density at radius 3 is 2.73 bits per heavy atom. The van der Waals surface area contributed by atoms with Crippen molar-refractivity contribution < 1.29 is 10.0 Å². The van der Waals surface area contributed by atoms with Crippen LogP contribution in [0.5, 0.6) is 5.88 Å². The fraction of sp³-hybridized carbons (Fsp3) is 0. The van der Waals surface area contributed by atoms with Crippen LogP contribution in [-0.4, -0.2) is 15.0 Å². The van der Waals surface area contributed by atoms with E-state index in [2.05, 4.69) is 4.98 Å². The Labute approximate surface area is 66.4 Å². The van der Waals surface area contributed by atoms with E-state index < -0.39 is 16.5 Å². The number of hydrogen-bond donors (Lipinski definition) is 1. The molecule has 6 heteroatoms. The summed E-state index contributed by atoms with van der Waals surface area (Å²) in [5, 5.41) is 18.9. The first-order chi connectivity index (χ1) is 5.11. The first-order valence-electron chi connectivity index (χ1n) is 2.61. The minimum Gasteiger partial charge on any atom is -0.488 e. The van der Waals surface area contributed by atoms with Gasteiger partial charge in [0.15, 0.2) is 0 Å². The lowest BCUT2D eigenvalue weighted by molar-refractivity contribution is -0.386. The molecule has 0 fully saturated rings. The first-order valence-corrected chi connectivity index (χ1v) is 2.99. The molecule has 1 aromatic heterocycles. The van der Waals surface area contributed by atoms with Crippen molar-refractivity contribution in [3.8, 4) is 5.88 Å². The van der Waals surface area contributed by atoms with Gasteiger partial charge in [-0.25, -0.2) is 0 Å². The molecule has 11 heavy (non-hydrogen) atoms. The molecule has 0 aromatic carbocycles. The van der Waals surface area contributed by atoms with Gasteiger partial charge in [0.2, 0.25) is 0 Å². The van der Waals surface area contributed by atoms with Crippen LogP contribution >= 0.6 is 11.6 Å². The number of hydrogen-bond acceptors (Lipinski definition) is 4. The summed E-state index contributed by atoms with van der Waals surface area (Å²) in [5.74, 6) is -0.664. The third-order valence-electron chi connectivity index (χ3n) is 1.02. The van der Waals surface area contributed by atoms with E-state index in [1.807, 2.05) is 0 Å². The van der Waals surface area contributed by atoms with Gasteiger partial charge in [0.05, 0.1) is 4.92 Å². The normalized spacial score (nSPS) is 9.55. The summed E-state index contributed by atoms with van der Waals surface area (Å²) in [6, 6.07) is 2.32. The summed E-state index contributed by atoms with van der Waals surface area (Å²) in [7, 11) is 0. The Balaban J connectivity index is 3.20. The van der Waals surface area contributed by atoms with Gasteiger partial charge in [-0.2, -0.15) is 4.98 Å². The van der Waals surface area contributed by atoms with Crippen LogP contribution in [0.15, 0.2) is 12.1 Å². The van der Waals surface area contributed by atoms with Crippen LogP contribution in [0, 0.1) is 10.1 Å². The molecule has 5 nitrogen and oxygen atoms in total. The molecular weight excluding hydrogens is 172 g/mol. The summed E-state index contributed by atoms with van der Waals surface area (Å²) in [6.45, 7) is 0. The van der Waals surface area contributed by atoms with Crippen LogP contribution in [-0.2, 0) is 0 Å². The van der Waals surface area contributed by atoms with E-state index in [0.29, 0.717) is 0 Å². The minimum absolute atomic E-state index is 0.0214. The Morgan fingerprint density at radius 1 is 1.64 bits per heavy atom. The molecule has 0 spiro atoms. The molecule has 1 heterocycles. The second kappa shape index (κ2) is 2.71. The fourth-order valence-electron chi connectivity index (χ4n) is 0.560. The molecular formula is C5H3ClN2O3. The highest BCUT2D eigenvalue weighted by molar-refractivity contribution is 6.29. The van der Waals surface area contributed by atoms with Crippen molar-refractivity contribution in [2.45, 2.75) is 0 Å². The van der Waals surface area contributed by atoms with Gasteiger partial charge in [-0.3, -0.25) is 10.1 Å². The quantitative estimate of drug-likeness (QED) is 0.396. The molecule has 0 saturated carbocycles. The predicted octanol–water partition coefficient (Wildman–Crippen LogP) is 1.35. The number of pyridine rings is 1. The lowest BCUT2D eigenvalue weighted by Gasteiger charge is -1.93. The summed E-state index contributed by atoms with van der Waals surface area (Å²) >= 11 is 5.33. The number of aromatic nitrogens is 1. The third-order valence-corrected chi connectivity index (χ3v) is 1.23. The number of halogens is 1. The van der Waals surface area contributed by atoms with E-state index in [9.17, 15) is 10.1 Å². The standard InChI is InChI=1S/C5H3ClN2O3/c6-4-2-1-3(8(10)11)5(9)7-4/h1-2H,(H,7,9). The lowest BCUT2D eigenvalue weighted by Crippen LogP contribution is -1.89. The van der Waals surface area contributed by atoms with E-state index >= 15 is 0 Å². The van der Waals surface area contributed by atoms with Crippen LogP contribution in [0.4, 0.5) is 5.69 Å². The number of nitro groups is 1. The molecule has 0 aliphatic carbocycles. The maximum atomic E-state index is 10.1. The molecule has 0 bridgehead atoms. The van der Waals surface area contributed by atoms with Crippen molar-refractivity contribution in [1.29, 1.82) is 0 Å². The second-order valence-electron chi connectivity index (χ2n) is 1.73. The number of aromatic hydroxyl groups is 1. The minimum atomic E-state index is -0.737. The van der Waals surface area contributed by atoms with E-state index in [0.717, 1.165) is 6.07 Å². The highest BCUT2D eigenvalue weighted by atomic mass is 35.5. The summed E-state index contributed by atoms with van der Waals surface area (Å²) in [6.07, 6.45) is 0. The van der Waals surface area contributed by atoms with E-state index in [-0.39, 0.29) is 5.15 Å². The number of nitrogens with zero attached hydrogens (tertiary/aromatic N) is 2. The lowest BCUT2D eigenvalue weighted by atomic mass is 10.4. The van der Waals surface area contributed by atoms with Crippen molar-refractivity contribution in [3.63, 3.8) is 0 Å². The third kappa shape index (κ3) is 1.56. The zero-order valence-corrected chi connectivity index (χ0v) is 5.95. The molecule has 0 radical (unpaired) electrons. The van der Waals surface area contributed by atoms with Gasteiger partial charge < -0.3 is 5.11 Å². The Morgan fingerprint density at radius 2 is 2.27 bits per heavy atom. The van der Waals surface area contributed by atoms with Crippen molar-refractivity contribution in [3.05, 3.63) is 27.4 Å². The zero-order chi connectivity index (χ0) is 8.43. The Bertz CT molecular complexity index is 302. The molecule has 0 saturated heterocycles. The highest BCUT2D eigenvalue weighted by Crippen LogP contribution is 2.23. The van der Waals surface area contributed by atoms with Crippen LogP contribution in [0.1, 0.15) is 0 Å². The van der Waals surface area contributed by atoms with Gasteiger partial charge in [-0.1, -0.05) is 11.6 Å². The average molecular weight is 175 g/mol. The largest absolute Gasteiger partial charge is 0.488 e. The molecule has 0 amide bonds. The molecule has 58 valence electrons. The van der Waals surface area contributed by atoms with E-state index in [1.165, 1.54) is 6.07 Å². The highest BCUT2D eigenvalue weighted by Gasteiger charge is 2.13. The van der Waals surface area contributed by atoms with Gasteiger partial charge in [0.25, 0.3) is 5.88 Å². The molecule has 1 aromatic rings. The van der Waals surface area contributed by atoms with Gasteiger partial charge in [-0.05, 0) is 6.07 Å². The van der Waals surface area contributed by atoms with Gasteiger partial charge >= 0.3 is 5.69 Å². The van der Waals surface area contributed by atoms with Gasteiger partial charge in [-0.15, -0.1) is 0 Å². The van der Waals surface area contributed by atoms with Gasteiger partial charge in [0.1, 0.15) is 5.15 Å². The van der Waals surface area contributed by atoms with Crippen molar-refractivity contribution in [2.24, 2.45) is 0 Å². The van der Waals surface area contributed by atoms with Crippen molar-refractivity contribution in [1.82, 2.24) is 4.98 Å². The van der Waals surface area contributed by atoms with E-state index in [4.69, 9.17) is 16.7 Å². The maximum absolute atomic E-state index is 10.1. The van der Waals surface area contributed by atoms with Crippen molar-refractivity contribution >= 4 is 17.3 Å².